The molecule has 25 heavy (non-hydrogen) atoms. The maximum atomic E-state index is 12.6. The van der Waals surface area contributed by atoms with E-state index in [1.807, 2.05) is 43.3 Å². The third-order valence-electron chi connectivity index (χ3n) is 4.58. The molecule has 0 aliphatic rings. The minimum Gasteiger partial charge on any atom is -0.339 e. The molecule has 0 aliphatic heterocycles. The summed E-state index contributed by atoms with van der Waals surface area (Å²) in [5, 5.41) is 1.76. The number of Topliss-reactive ketones (excluding diaryl/α,β-unsaturated/α-hetero) is 1. The van der Waals surface area contributed by atoms with E-state index in [1.165, 1.54) is 0 Å². The number of rotatable bonds is 6. The largest absolute Gasteiger partial charge is 0.339 e. The minimum absolute atomic E-state index is 0.00372. The van der Waals surface area contributed by atoms with Crippen molar-refractivity contribution in [3.05, 3.63) is 69.9 Å². The number of fused-ring (bicyclic) bond motifs is 1. The molecule has 0 amide bonds. The monoisotopic (exact) mass is 373 g/mol. The molecule has 0 saturated carbocycles. The lowest BCUT2D eigenvalue weighted by molar-refractivity contribution is 0.102. The maximum Gasteiger partial charge on any atom is 0.180 e. The number of hydrogen-bond donors (Lipinski definition) is 0. The number of carbonyl (C=O) groups is 1. The summed E-state index contributed by atoms with van der Waals surface area (Å²) < 4.78 is 2.23. The third-order valence-corrected chi connectivity index (χ3v) is 5.19. The summed E-state index contributed by atoms with van der Waals surface area (Å²) in [6.07, 6.45) is 1.79. The predicted molar refractivity (Wildman–Crippen MR) is 106 cm³/mol. The fourth-order valence-electron chi connectivity index (χ4n) is 3.47. The van der Waals surface area contributed by atoms with Gasteiger partial charge >= 0.3 is 0 Å². The molecule has 0 radical (unpaired) electrons. The van der Waals surface area contributed by atoms with Gasteiger partial charge in [0, 0.05) is 33.7 Å². The smallest absolute Gasteiger partial charge is 0.180 e. The van der Waals surface area contributed by atoms with Crippen LogP contribution >= 0.6 is 23.2 Å². The Hall–Kier alpha value is -1.77. The number of aromatic nitrogens is 1. The van der Waals surface area contributed by atoms with Gasteiger partial charge in [0.2, 0.25) is 0 Å². The predicted octanol–water partition coefficient (Wildman–Crippen LogP) is 6.03. The summed E-state index contributed by atoms with van der Waals surface area (Å²) in [6, 6.07) is 14.0. The fourth-order valence-corrected chi connectivity index (χ4v) is 3.80. The number of aryl methyl sites for hydroxylation is 1. The van der Waals surface area contributed by atoms with E-state index in [-0.39, 0.29) is 11.7 Å². The first-order valence-electron chi connectivity index (χ1n) is 8.51. The van der Waals surface area contributed by atoms with Gasteiger partial charge in [0.1, 0.15) is 0 Å². The van der Waals surface area contributed by atoms with E-state index in [2.05, 4.69) is 17.6 Å². The Labute approximate surface area is 158 Å². The van der Waals surface area contributed by atoms with E-state index in [0.717, 1.165) is 51.2 Å². The Bertz CT molecular complexity index is 927. The molecule has 0 fully saturated rings. The number of nitrogens with zero attached hydrogens (tertiary/aromatic N) is 1. The van der Waals surface area contributed by atoms with Gasteiger partial charge in [0.25, 0.3) is 0 Å². The molecule has 2 nitrogen and oxygen atoms in total. The third kappa shape index (κ3) is 3.33. The van der Waals surface area contributed by atoms with Crippen LogP contribution in [0.4, 0.5) is 0 Å². The van der Waals surface area contributed by atoms with E-state index in [9.17, 15) is 4.79 Å². The van der Waals surface area contributed by atoms with E-state index in [0.29, 0.717) is 6.54 Å². The van der Waals surface area contributed by atoms with Crippen molar-refractivity contribution in [2.75, 3.05) is 5.88 Å². The summed E-state index contributed by atoms with van der Waals surface area (Å²) in [4.78, 5) is 12.6. The van der Waals surface area contributed by atoms with Crippen LogP contribution in [0.3, 0.4) is 0 Å². The van der Waals surface area contributed by atoms with Crippen LogP contribution in [-0.2, 0) is 13.0 Å². The molecular formula is C21H21Cl2NO. The van der Waals surface area contributed by atoms with Crippen LogP contribution in [0, 0.1) is 6.92 Å². The number of hydrogen-bond acceptors (Lipinski definition) is 1. The summed E-state index contributed by atoms with van der Waals surface area (Å²) in [7, 11) is 0. The van der Waals surface area contributed by atoms with Crippen molar-refractivity contribution < 1.29 is 4.79 Å². The quantitative estimate of drug-likeness (QED) is 0.382. The summed E-state index contributed by atoms with van der Waals surface area (Å²) >= 11 is 12.3. The zero-order chi connectivity index (χ0) is 18.0. The van der Waals surface area contributed by atoms with Gasteiger partial charge in [-0.2, -0.15) is 0 Å². The van der Waals surface area contributed by atoms with Crippen molar-refractivity contribution in [1.82, 2.24) is 4.57 Å². The minimum atomic E-state index is -0.0117. The molecule has 0 unspecified atom stereocenters. The summed E-state index contributed by atoms with van der Waals surface area (Å²) in [5.74, 6) is -0.0155. The number of alkyl halides is 1. The van der Waals surface area contributed by atoms with Crippen molar-refractivity contribution in [3.8, 4) is 0 Å². The van der Waals surface area contributed by atoms with E-state index < -0.39 is 0 Å². The summed E-state index contributed by atoms with van der Waals surface area (Å²) in [6.45, 7) is 4.81. The Balaban J connectivity index is 2.30. The highest BCUT2D eigenvalue weighted by Crippen LogP contribution is 2.32. The van der Waals surface area contributed by atoms with Gasteiger partial charge in [-0.25, -0.2) is 0 Å². The lowest BCUT2D eigenvalue weighted by Crippen LogP contribution is -2.09. The average molecular weight is 374 g/mol. The van der Waals surface area contributed by atoms with Gasteiger partial charge in [-0.3, -0.25) is 4.79 Å². The topological polar surface area (TPSA) is 22.0 Å². The zero-order valence-electron chi connectivity index (χ0n) is 14.5. The van der Waals surface area contributed by atoms with E-state index in [4.69, 9.17) is 23.2 Å². The number of benzene rings is 2. The van der Waals surface area contributed by atoms with E-state index in [1.54, 1.807) is 0 Å². The van der Waals surface area contributed by atoms with Gasteiger partial charge < -0.3 is 4.57 Å². The maximum absolute atomic E-state index is 12.6. The van der Waals surface area contributed by atoms with Crippen LogP contribution in [-0.4, -0.2) is 16.2 Å². The molecule has 0 bridgehead atoms. The first-order valence-corrected chi connectivity index (χ1v) is 9.43. The van der Waals surface area contributed by atoms with Crippen LogP contribution in [0.25, 0.3) is 10.9 Å². The Morgan fingerprint density at radius 3 is 2.56 bits per heavy atom. The molecule has 3 rings (SSSR count). The van der Waals surface area contributed by atoms with Crippen molar-refractivity contribution >= 4 is 39.9 Å². The van der Waals surface area contributed by atoms with Gasteiger partial charge in [-0.1, -0.05) is 55.3 Å². The highest BCUT2D eigenvalue weighted by atomic mass is 35.5. The molecule has 0 N–H and O–H groups in total. The molecular weight excluding hydrogens is 353 g/mol. The SMILES string of the molecule is CCCc1c(C(=O)CCl)c2c(C)cccc2n1Cc1ccccc1Cl. The molecule has 1 heterocycles. The number of ketones is 1. The lowest BCUT2D eigenvalue weighted by atomic mass is 10.0. The van der Waals surface area contributed by atoms with Crippen LogP contribution in [0.5, 0.6) is 0 Å². The summed E-state index contributed by atoms with van der Waals surface area (Å²) in [5.41, 5.74) is 5.04. The Morgan fingerprint density at radius 1 is 1.12 bits per heavy atom. The van der Waals surface area contributed by atoms with Gasteiger partial charge in [-0.05, 0) is 36.6 Å². The second kappa shape index (κ2) is 7.63. The molecule has 0 aliphatic carbocycles. The number of carbonyl (C=O) groups excluding carboxylic acids is 1. The second-order valence-electron chi connectivity index (χ2n) is 6.28. The fraction of sp³-hybridized carbons (Fsp3) is 0.286. The zero-order valence-corrected chi connectivity index (χ0v) is 16.0. The van der Waals surface area contributed by atoms with Gasteiger partial charge in [-0.15, -0.1) is 11.6 Å². The molecule has 0 atom stereocenters. The number of halogens is 2. The normalized spacial score (nSPS) is 11.2. The second-order valence-corrected chi connectivity index (χ2v) is 6.95. The van der Waals surface area contributed by atoms with Crippen molar-refractivity contribution in [3.63, 3.8) is 0 Å². The first-order chi connectivity index (χ1) is 12.1. The molecule has 3 aromatic rings. The molecule has 4 heteroatoms. The van der Waals surface area contributed by atoms with Crippen LogP contribution in [0.15, 0.2) is 42.5 Å². The molecule has 0 spiro atoms. The van der Waals surface area contributed by atoms with Crippen molar-refractivity contribution in [2.24, 2.45) is 0 Å². The standard InChI is InChI=1S/C21H21Cl2NO/c1-3-7-17-21(19(25)12-22)20-14(2)8-6-11-18(20)24(17)13-15-9-4-5-10-16(15)23/h4-6,8-11H,3,7,12-13H2,1-2H3. The average Bonchev–Trinajstić information content (AvgIpc) is 2.92. The Kier molecular flexibility index (Phi) is 5.51. The van der Waals surface area contributed by atoms with Crippen LogP contribution in [0.1, 0.15) is 40.5 Å². The van der Waals surface area contributed by atoms with E-state index >= 15 is 0 Å². The van der Waals surface area contributed by atoms with Crippen molar-refractivity contribution in [2.45, 2.75) is 33.2 Å². The van der Waals surface area contributed by atoms with Crippen LogP contribution in [0.2, 0.25) is 5.02 Å². The highest BCUT2D eigenvalue weighted by Gasteiger charge is 2.23. The lowest BCUT2D eigenvalue weighted by Gasteiger charge is -2.12. The Morgan fingerprint density at radius 2 is 1.88 bits per heavy atom. The van der Waals surface area contributed by atoms with Crippen LogP contribution < -0.4 is 0 Å². The molecule has 2 aromatic carbocycles. The highest BCUT2D eigenvalue weighted by molar-refractivity contribution is 6.32. The van der Waals surface area contributed by atoms with Gasteiger partial charge in [0.05, 0.1) is 5.88 Å². The molecule has 0 saturated heterocycles. The molecule has 130 valence electrons. The van der Waals surface area contributed by atoms with Crippen molar-refractivity contribution in [1.29, 1.82) is 0 Å². The van der Waals surface area contributed by atoms with Gasteiger partial charge in [0.15, 0.2) is 5.78 Å². The molecule has 1 aromatic heterocycles. The first kappa shape index (κ1) is 18.0.